The fraction of sp³-hybridized carbons (Fsp3) is 0.619. The molecule has 0 radical (unpaired) electrons. The molecule has 3 N–H and O–H groups in total. The molecule has 28 heavy (non-hydrogen) atoms. The summed E-state index contributed by atoms with van der Waals surface area (Å²) in [6.07, 6.45) is 3.92. The number of guanidine groups is 1. The van der Waals surface area contributed by atoms with Crippen LogP contribution in [0, 0.1) is 5.92 Å². The van der Waals surface area contributed by atoms with E-state index in [1.807, 2.05) is 26.0 Å². The lowest BCUT2D eigenvalue weighted by Crippen LogP contribution is -2.41. The Morgan fingerprint density at radius 1 is 1.14 bits per heavy atom. The van der Waals surface area contributed by atoms with Crippen LogP contribution in [0.3, 0.4) is 0 Å². The van der Waals surface area contributed by atoms with E-state index in [-0.39, 0.29) is 11.8 Å². The van der Waals surface area contributed by atoms with Crippen molar-refractivity contribution in [3.05, 3.63) is 23.8 Å². The summed E-state index contributed by atoms with van der Waals surface area (Å²) in [6, 6.07) is 6.06. The molecule has 2 rings (SSSR count). The van der Waals surface area contributed by atoms with Gasteiger partial charge in [0.25, 0.3) is 0 Å². The van der Waals surface area contributed by atoms with Crippen molar-refractivity contribution >= 4 is 11.9 Å². The first-order valence-corrected chi connectivity index (χ1v) is 10.3. The van der Waals surface area contributed by atoms with E-state index in [9.17, 15) is 4.79 Å². The molecule has 0 bridgehead atoms. The lowest BCUT2D eigenvalue weighted by atomic mass is 10.1. The predicted molar refractivity (Wildman–Crippen MR) is 112 cm³/mol. The summed E-state index contributed by atoms with van der Waals surface area (Å²) >= 11 is 0. The van der Waals surface area contributed by atoms with Gasteiger partial charge in [0.2, 0.25) is 5.91 Å². The van der Waals surface area contributed by atoms with E-state index >= 15 is 0 Å². The minimum Gasteiger partial charge on any atom is -0.493 e. The average molecular weight is 391 g/mol. The quantitative estimate of drug-likeness (QED) is 0.289. The smallest absolute Gasteiger partial charge is 0.223 e. The molecule has 0 atom stereocenters. The zero-order valence-electron chi connectivity index (χ0n) is 17.3. The molecule has 1 aliphatic rings. The van der Waals surface area contributed by atoms with Gasteiger partial charge < -0.3 is 25.4 Å². The molecular weight excluding hydrogens is 356 g/mol. The van der Waals surface area contributed by atoms with Gasteiger partial charge in [0.1, 0.15) is 0 Å². The summed E-state index contributed by atoms with van der Waals surface area (Å²) < 4.78 is 11.0. The fourth-order valence-corrected chi connectivity index (χ4v) is 2.82. The van der Waals surface area contributed by atoms with Crippen molar-refractivity contribution in [1.82, 2.24) is 16.0 Å². The lowest BCUT2D eigenvalue weighted by molar-refractivity contribution is -0.122. The molecule has 1 amide bonds. The van der Waals surface area contributed by atoms with E-state index < -0.39 is 0 Å². The molecular formula is C21H34N4O3. The largest absolute Gasteiger partial charge is 0.493 e. The number of nitrogens with zero attached hydrogens (tertiary/aromatic N) is 1. The van der Waals surface area contributed by atoms with Crippen molar-refractivity contribution in [1.29, 1.82) is 0 Å². The van der Waals surface area contributed by atoms with Gasteiger partial charge in [0.15, 0.2) is 17.5 Å². The molecule has 0 unspecified atom stereocenters. The normalized spacial score (nSPS) is 13.8. The van der Waals surface area contributed by atoms with Gasteiger partial charge in [-0.3, -0.25) is 9.79 Å². The van der Waals surface area contributed by atoms with Gasteiger partial charge in [-0.05, 0) is 57.2 Å². The van der Waals surface area contributed by atoms with Crippen LogP contribution in [-0.4, -0.2) is 51.8 Å². The second kappa shape index (κ2) is 12.1. The number of methoxy groups -OCH3 is 1. The van der Waals surface area contributed by atoms with E-state index in [2.05, 4.69) is 27.0 Å². The first-order chi connectivity index (χ1) is 13.7. The molecule has 0 spiro atoms. The number of nitrogens with one attached hydrogen (secondary N) is 3. The highest BCUT2D eigenvalue weighted by atomic mass is 16.5. The number of amides is 1. The SMILES string of the molecule is CCNC(=NCCCc1ccc(OC)c(OCC)c1)NCCNC(=O)C1CC1. The number of carbonyl (C=O) groups excluding carboxylic acids is 1. The standard InChI is InChI=1S/C21H34N4O3/c1-4-22-21(25-14-13-23-20(26)17-9-10-17)24-12-6-7-16-8-11-18(27-3)19(15-16)28-5-2/h8,11,15,17H,4-7,9-10,12-14H2,1-3H3,(H,23,26)(H2,22,24,25). The van der Waals surface area contributed by atoms with E-state index in [0.717, 1.165) is 56.2 Å². The second-order valence-corrected chi connectivity index (χ2v) is 6.77. The number of aliphatic imine (C=N–C) groups is 1. The number of aryl methyl sites for hydroxylation is 1. The maximum Gasteiger partial charge on any atom is 0.223 e. The van der Waals surface area contributed by atoms with Crippen LogP contribution < -0.4 is 25.4 Å². The third-order valence-electron chi connectivity index (χ3n) is 4.43. The van der Waals surface area contributed by atoms with E-state index in [0.29, 0.717) is 19.7 Å². The van der Waals surface area contributed by atoms with Gasteiger partial charge in [-0.2, -0.15) is 0 Å². The number of hydrogen-bond donors (Lipinski definition) is 3. The highest BCUT2D eigenvalue weighted by Crippen LogP contribution is 2.29. The predicted octanol–water partition coefficient (Wildman–Crippen LogP) is 2.11. The topological polar surface area (TPSA) is 84.0 Å². The Kier molecular flexibility index (Phi) is 9.45. The monoisotopic (exact) mass is 390 g/mol. The molecule has 7 nitrogen and oxygen atoms in total. The van der Waals surface area contributed by atoms with Crippen molar-refractivity contribution in [2.24, 2.45) is 10.9 Å². The number of ether oxygens (including phenoxy) is 2. The summed E-state index contributed by atoms with van der Waals surface area (Å²) in [4.78, 5) is 16.2. The number of rotatable bonds is 12. The Labute approximate surface area is 168 Å². The third-order valence-corrected chi connectivity index (χ3v) is 4.43. The van der Waals surface area contributed by atoms with Gasteiger partial charge >= 0.3 is 0 Å². The highest BCUT2D eigenvalue weighted by Gasteiger charge is 2.28. The van der Waals surface area contributed by atoms with Gasteiger partial charge in [0.05, 0.1) is 13.7 Å². The zero-order valence-corrected chi connectivity index (χ0v) is 17.3. The van der Waals surface area contributed by atoms with Crippen LogP contribution in [0.15, 0.2) is 23.2 Å². The number of benzene rings is 1. The molecule has 1 fully saturated rings. The molecule has 1 aliphatic carbocycles. The number of hydrogen-bond acceptors (Lipinski definition) is 4. The second-order valence-electron chi connectivity index (χ2n) is 6.77. The van der Waals surface area contributed by atoms with Crippen LogP contribution in [-0.2, 0) is 11.2 Å². The Morgan fingerprint density at radius 3 is 2.61 bits per heavy atom. The lowest BCUT2D eigenvalue weighted by Gasteiger charge is -2.12. The van der Waals surface area contributed by atoms with E-state index in [1.165, 1.54) is 5.56 Å². The van der Waals surface area contributed by atoms with Crippen LogP contribution in [0.2, 0.25) is 0 Å². The Morgan fingerprint density at radius 2 is 1.93 bits per heavy atom. The number of carbonyl (C=O) groups is 1. The minimum atomic E-state index is 0.176. The van der Waals surface area contributed by atoms with Gasteiger partial charge in [-0.1, -0.05) is 6.07 Å². The van der Waals surface area contributed by atoms with Crippen LogP contribution in [0.1, 0.15) is 38.7 Å². The van der Waals surface area contributed by atoms with Gasteiger partial charge in [-0.15, -0.1) is 0 Å². The minimum absolute atomic E-state index is 0.176. The van der Waals surface area contributed by atoms with Crippen LogP contribution in [0.25, 0.3) is 0 Å². The Hall–Kier alpha value is -2.44. The Balaban J connectivity index is 1.73. The molecule has 156 valence electrons. The van der Waals surface area contributed by atoms with Crippen LogP contribution in [0.5, 0.6) is 11.5 Å². The molecule has 1 saturated carbocycles. The summed E-state index contributed by atoms with van der Waals surface area (Å²) in [7, 11) is 1.65. The molecule has 7 heteroatoms. The van der Waals surface area contributed by atoms with Gasteiger partial charge in [-0.25, -0.2) is 0 Å². The first-order valence-electron chi connectivity index (χ1n) is 10.3. The fourth-order valence-electron chi connectivity index (χ4n) is 2.82. The van der Waals surface area contributed by atoms with Gasteiger partial charge in [0, 0.05) is 32.1 Å². The molecule has 0 saturated heterocycles. The van der Waals surface area contributed by atoms with E-state index in [1.54, 1.807) is 7.11 Å². The molecule has 0 aliphatic heterocycles. The average Bonchev–Trinajstić information content (AvgIpc) is 3.54. The zero-order chi connectivity index (χ0) is 20.2. The maximum atomic E-state index is 11.6. The highest BCUT2D eigenvalue weighted by molar-refractivity contribution is 5.81. The summed E-state index contributed by atoms with van der Waals surface area (Å²) in [5, 5.41) is 9.45. The maximum absolute atomic E-state index is 11.6. The van der Waals surface area contributed by atoms with Crippen molar-refractivity contribution in [2.75, 3.05) is 39.9 Å². The third kappa shape index (κ3) is 7.66. The van der Waals surface area contributed by atoms with Crippen molar-refractivity contribution in [2.45, 2.75) is 39.5 Å². The van der Waals surface area contributed by atoms with Crippen molar-refractivity contribution in [3.8, 4) is 11.5 Å². The molecule has 1 aromatic carbocycles. The summed E-state index contributed by atoms with van der Waals surface area (Å²) in [5.74, 6) is 2.76. The van der Waals surface area contributed by atoms with E-state index in [4.69, 9.17) is 9.47 Å². The summed E-state index contributed by atoms with van der Waals surface area (Å²) in [6.45, 7) is 7.43. The Bertz CT molecular complexity index is 645. The molecule has 0 aromatic heterocycles. The van der Waals surface area contributed by atoms with Crippen molar-refractivity contribution in [3.63, 3.8) is 0 Å². The van der Waals surface area contributed by atoms with Crippen molar-refractivity contribution < 1.29 is 14.3 Å². The summed E-state index contributed by atoms with van der Waals surface area (Å²) in [5.41, 5.74) is 1.21. The van der Waals surface area contributed by atoms with Crippen LogP contribution in [0.4, 0.5) is 0 Å². The van der Waals surface area contributed by atoms with Crippen LogP contribution >= 0.6 is 0 Å². The molecule has 0 heterocycles. The first kappa shape index (κ1) is 21.9. The molecule has 1 aromatic rings.